The number of hydrogen-bond donors (Lipinski definition) is 0. The van der Waals surface area contributed by atoms with Crippen molar-refractivity contribution in [2.24, 2.45) is 18.9 Å². The molecule has 2 atom stereocenters. The van der Waals surface area contributed by atoms with Crippen LogP contribution in [0.2, 0.25) is 0 Å². The minimum absolute atomic E-state index is 0.177. The SMILES string of the molecule is Cc1ccc2c(oc3c(C4=CC5=CC=CC6=CC=C7C=CC=C4C7C65)c(F)ccc32)c1-c1cccc[n+]1C. The molecule has 0 saturated heterocycles. The Hall–Kier alpha value is -4.50. The van der Waals surface area contributed by atoms with E-state index < -0.39 is 0 Å². The van der Waals surface area contributed by atoms with Gasteiger partial charge in [0.05, 0.1) is 11.1 Å². The van der Waals surface area contributed by atoms with Crippen LogP contribution < -0.4 is 4.57 Å². The molecule has 0 bridgehead atoms. The molecule has 3 heteroatoms. The molecule has 4 aliphatic rings. The molecule has 4 aliphatic carbocycles. The molecule has 2 aromatic carbocycles. The number of allylic oxidation sites excluding steroid dienone is 14. The van der Waals surface area contributed by atoms with Crippen LogP contribution in [0.4, 0.5) is 4.39 Å². The standard InChI is InChI=1S/C35H25FNO/c1-20-12-15-25-26-16-17-28(36)33(35(26)38-34(25)30(20)29-11-3-4-18-37(29)2)27-19-23-9-5-7-21-13-14-22-8-6-10-24(27)32(22)31(21)23/h3-19,31-32H,1-2H3/q+1. The largest absolute Gasteiger partial charge is 0.454 e. The molecule has 182 valence electrons. The predicted octanol–water partition coefficient (Wildman–Crippen LogP) is 8.01. The number of benzene rings is 2. The third kappa shape index (κ3) is 2.84. The number of furan rings is 1. The Balaban J connectivity index is 1.44. The van der Waals surface area contributed by atoms with Gasteiger partial charge in [0.25, 0.3) is 0 Å². The van der Waals surface area contributed by atoms with Crippen LogP contribution in [0.15, 0.2) is 130 Å². The van der Waals surface area contributed by atoms with Gasteiger partial charge in [0.1, 0.15) is 24.0 Å². The number of rotatable bonds is 2. The fraction of sp³-hybridized carbons (Fsp3) is 0.114. The summed E-state index contributed by atoms with van der Waals surface area (Å²) in [7, 11) is 2.04. The maximum absolute atomic E-state index is 16.0. The first kappa shape index (κ1) is 21.6. The third-order valence-corrected chi connectivity index (χ3v) is 8.53. The Morgan fingerprint density at radius 3 is 2.32 bits per heavy atom. The lowest BCUT2D eigenvalue weighted by molar-refractivity contribution is -0.660. The van der Waals surface area contributed by atoms with Crippen LogP contribution in [0.1, 0.15) is 11.1 Å². The van der Waals surface area contributed by atoms with Gasteiger partial charge >= 0.3 is 0 Å². The summed E-state index contributed by atoms with van der Waals surface area (Å²) in [4.78, 5) is 0. The summed E-state index contributed by atoms with van der Waals surface area (Å²) < 4.78 is 24.8. The molecule has 0 aliphatic heterocycles. The zero-order valence-corrected chi connectivity index (χ0v) is 21.2. The number of fused-ring (bicyclic) bond motifs is 3. The zero-order chi connectivity index (χ0) is 25.5. The van der Waals surface area contributed by atoms with E-state index in [2.05, 4.69) is 84.4 Å². The summed E-state index contributed by atoms with van der Waals surface area (Å²) in [6.07, 6.45) is 21.6. The third-order valence-electron chi connectivity index (χ3n) is 8.53. The summed E-state index contributed by atoms with van der Waals surface area (Å²) in [6.45, 7) is 2.10. The van der Waals surface area contributed by atoms with Crippen LogP contribution >= 0.6 is 0 Å². The number of nitrogens with zero attached hydrogens (tertiary/aromatic N) is 1. The van der Waals surface area contributed by atoms with Gasteiger partial charge in [-0.2, -0.15) is 0 Å². The first-order valence-electron chi connectivity index (χ1n) is 13.1. The molecular weight excluding hydrogens is 469 g/mol. The second-order valence-electron chi connectivity index (χ2n) is 10.6. The lowest BCUT2D eigenvalue weighted by Crippen LogP contribution is -2.30. The van der Waals surface area contributed by atoms with Crippen molar-refractivity contribution in [1.29, 1.82) is 0 Å². The molecule has 2 aromatic heterocycles. The summed E-state index contributed by atoms with van der Waals surface area (Å²) in [5.74, 6) is 0.186. The van der Waals surface area contributed by atoms with E-state index >= 15 is 4.39 Å². The van der Waals surface area contributed by atoms with Gasteiger partial charge < -0.3 is 4.42 Å². The van der Waals surface area contributed by atoms with Gasteiger partial charge in [0.15, 0.2) is 6.20 Å². The fourth-order valence-electron chi connectivity index (χ4n) is 6.78. The topological polar surface area (TPSA) is 17.0 Å². The van der Waals surface area contributed by atoms with Crippen molar-refractivity contribution >= 4 is 27.5 Å². The fourth-order valence-corrected chi connectivity index (χ4v) is 6.78. The van der Waals surface area contributed by atoms with Crippen molar-refractivity contribution in [3.05, 3.63) is 143 Å². The Morgan fingerprint density at radius 1 is 0.763 bits per heavy atom. The highest BCUT2D eigenvalue weighted by Gasteiger charge is 2.41. The minimum atomic E-state index is -0.260. The second-order valence-corrected chi connectivity index (χ2v) is 10.6. The molecule has 0 fully saturated rings. The van der Waals surface area contributed by atoms with Crippen LogP contribution in [-0.2, 0) is 7.05 Å². The molecule has 2 nitrogen and oxygen atoms in total. The molecular formula is C35H25FNO+. The number of aryl methyl sites for hydroxylation is 2. The van der Waals surface area contributed by atoms with Crippen molar-refractivity contribution in [2.75, 3.05) is 0 Å². The first-order valence-corrected chi connectivity index (χ1v) is 13.1. The Kier molecular flexibility index (Phi) is 4.40. The molecule has 0 radical (unpaired) electrons. The maximum atomic E-state index is 16.0. The van der Waals surface area contributed by atoms with Crippen molar-refractivity contribution in [1.82, 2.24) is 0 Å². The quantitative estimate of drug-likeness (QED) is 0.258. The lowest BCUT2D eigenvalue weighted by Gasteiger charge is -2.41. The number of pyridine rings is 1. The molecule has 0 spiro atoms. The van der Waals surface area contributed by atoms with E-state index in [0.29, 0.717) is 11.1 Å². The maximum Gasteiger partial charge on any atom is 0.216 e. The van der Waals surface area contributed by atoms with Gasteiger partial charge in [0.2, 0.25) is 5.69 Å². The van der Waals surface area contributed by atoms with Crippen LogP contribution in [0, 0.1) is 24.6 Å². The zero-order valence-electron chi connectivity index (χ0n) is 21.2. The van der Waals surface area contributed by atoms with Gasteiger partial charge in [-0.25, -0.2) is 8.96 Å². The number of halogens is 1. The highest BCUT2D eigenvalue weighted by molar-refractivity contribution is 6.13. The van der Waals surface area contributed by atoms with Gasteiger partial charge in [0, 0.05) is 34.7 Å². The molecule has 0 amide bonds. The Bertz CT molecular complexity index is 1950. The Morgan fingerprint density at radius 2 is 1.50 bits per heavy atom. The minimum Gasteiger partial charge on any atom is -0.454 e. The van der Waals surface area contributed by atoms with Gasteiger partial charge in [-0.15, -0.1) is 0 Å². The van der Waals surface area contributed by atoms with E-state index in [4.69, 9.17) is 4.42 Å². The highest BCUT2D eigenvalue weighted by atomic mass is 19.1. The number of hydrogen-bond acceptors (Lipinski definition) is 1. The second kappa shape index (κ2) is 7.75. The molecule has 4 aromatic rings. The average Bonchev–Trinajstić information content (AvgIpc) is 3.31. The monoisotopic (exact) mass is 494 g/mol. The summed E-state index contributed by atoms with van der Waals surface area (Å²) in [5, 5.41) is 1.93. The first-order chi connectivity index (χ1) is 18.6. The van der Waals surface area contributed by atoms with E-state index in [1.807, 2.05) is 31.4 Å². The van der Waals surface area contributed by atoms with Crippen molar-refractivity contribution in [2.45, 2.75) is 6.92 Å². The molecule has 8 rings (SSSR count). The summed E-state index contributed by atoms with van der Waals surface area (Å²) in [6, 6.07) is 13.9. The van der Waals surface area contributed by atoms with Crippen LogP contribution in [0.3, 0.4) is 0 Å². The van der Waals surface area contributed by atoms with E-state index in [0.717, 1.165) is 44.3 Å². The molecule has 2 heterocycles. The smallest absolute Gasteiger partial charge is 0.216 e. The van der Waals surface area contributed by atoms with Gasteiger partial charge in [-0.3, -0.25) is 0 Å². The van der Waals surface area contributed by atoms with Crippen molar-refractivity contribution in [3.8, 4) is 11.3 Å². The van der Waals surface area contributed by atoms with E-state index in [1.54, 1.807) is 6.07 Å². The molecule has 0 saturated carbocycles. The van der Waals surface area contributed by atoms with Crippen molar-refractivity contribution in [3.63, 3.8) is 0 Å². The lowest BCUT2D eigenvalue weighted by atomic mass is 9.62. The molecule has 2 unspecified atom stereocenters. The van der Waals surface area contributed by atoms with Gasteiger partial charge in [-0.1, -0.05) is 60.7 Å². The summed E-state index contributed by atoms with van der Waals surface area (Å²) in [5.41, 5.74) is 11.0. The van der Waals surface area contributed by atoms with Gasteiger partial charge in [-0.05, 0) is 64.6 Å². The van der Waals surface area contributed by atoms with E-state index in [9.17, 15) is 0 Å². The predicted molar refractivity (Wildman–Crippen MR) is 151 cm³/mol. The molecule has 0 N–H and O–H groups in total. The Labute approximate surface area is 220 Å². The summed E-state index contributed by atoms with van der Waals surface area (Å²) >= 11 is 0. The average molecular weight is 495 g/mol. The van der Waals surface area contributed by atoms with Crippen LogP contribution in [-0.4, -0.2) is 0 Å². The van der Waals surface area contributed by atoms with Crippen LogP contribution in [0.5, 0.6) is 0 Å². The van der Waals surface area contributed by atoms with E-state index in [1.165, 1.54) is 16.7 Å². The van der Waals surface area contributed by atoms with Crippen molar-refractivity contribution < 1.29 is 13.4 Å². The van der Waals surface area contributed by atoms with E-state index in [-0.39, 0.29) is 17.7 Å². The molecule has 38 heavy (non-hydrogen) atoms. The number of aromatic nitrogens is 1. The normalized spacial score (nSPS) is 21.1. The highest BCUT2D eigenvalue weighted by Crippen LogP contribution is 2.54. The van der Waals surface area contributed by atoms with Crippen LogP contribution in [0.25, 0.3) is 38.8 Å².